The summed E-state index contributed by atoms with van der Waals surface area (Å²) in [7, 11) is -3.23. The Hall–Kier alpha value is -2.36. The minimum Gasteiger partial charge on any atom is -0.282 e. The Morgan fingerprint density at radius 1 is 1.19 bits per heavy atom. The molecule has 0 bridgehead atoms. The molecule has 0 spiro atoms. The highest BCUT2D eigenvalue weighted by Gasteiger charge is 2.33. The Bertz CT molecular complexity index is 1200. The molecule has 7 nitrogen and oxygen atoms in total. The van der Waals surface area contributed by atoms with Gasteiger partial charge in [0.2, 0.25) is 15.9 Å². The fraction of sp³-hybridized carbons (Fsp3) is 0.409. The number of carbonyl (C=O) groups excluding carboxylic acids is 1. The molecule has 1 aliphatic heterocycles. The summed E-state index contributed by atoms with van der Waals surface area (Å²) < 4.78 is 26.2. The number of piperidine rings is 1. The molecule has 0 unspecified atom stereocenters. The Balaban J connectivity index is 1.65. The molecule has 164 valence electrons. The lowest BCUT2D eigenvalue weighted by molar-refractivity contribution is -0.123. The molecule has 0 aliphatic carbocycles. The van der Waals surface area contributed by atoms with E-state index in [1.807, 2.05) is 31.2 Å². The Morgan fingerprint density at radius 3 is 2.58 bits per heavy atom. The van der Waals surface area contributed by atoms with Gasteiger partial charge in [-0.3, -0.25) is 14.7 Å². The number of anilines is 1. The third-order valence-corrected chi connectivity index (χ3v) is 8.24. The summed E-state index contributed by atoms with van der Waals surface area (Å²) in [6, 6.07) is 9.77. The normalized spacial score (nSPS) is 16.0. The van der Waals surface area contributed by atoms with Crippen LogP contribution in [0.1, 0.15) is 29.7 Å². The second-order valence-corrected chi connectivity index (χ2v) is 11.0. The summed E-state index contributed by atoms with van der Waals surface area (Å²) in [4.78, 5) is 24.5. The topological polar surface area (TPSA) is 83.5 Å². The van der Waals surface area contributed by atoms with Crippen LogP contribution < -0.4 is 4.90 Å². The van der Waals surface area contributed by atoms with E-state index in [0.29, 0.717) is 37.6 Å². The van der Waals surface area contributed by atoms with Crippen molar-refractivity contribution in [1.29, 1.82) is 0 Å². The van der Waals surface area contributed by atoms with Crippen LogP contribution >= 0.6 is 11.3 Å². The Morgan fingerprint density at radius 2 is 1.94 bits per heavy atom. The number of pyridine rings is 1. The number of sulfonamides is 1. The van der Waals surface area contributed by atoms with Gasteiger partial charge in [0.1, 0.15) is 0 Å². The molecule has 0 N–H and O–H groups in total. The van der Waals surface area contributed by atoms with Crippen molar-refractivity contribution in [2.45, 2.75) is 33.2 Å². The molecular formula is C22H26N4O3S2. The predicted molar refractivity (Wildman–Crippen MR) is 124 cm³/mol. The first-order chi connectivity index (χ1) is 14.7. The van der Waals surface area contributed by atoms with Crippen LogP contribution in [0, 0.1) is 19.8 Å². The molecule has 1 aromatic carbocycles. The van der Waals surface area contributed by atoms with Crippen molar-refractivity contribution in [2.75, 3.05) is 24.2 Å². The highest BCUT2D eigenvalue weighted by atomic mass is 32.2. The van der Waals surface area contributed by atoms with Crippen molar-refractivity contribution >= 4 is 42.6 Å². The molecule has 4 rings (SSSR count). The van der Waals surface area contributed by atoms with Gasteiger partial charge in [-0.25, -0.2) is 17.7 Å². The van der Waals surface area contributed by atoms with Crippen LogP contribution in [-0.2, 0) is 21.4 Å². The number of carbonyl (C=O) groups is 1. The molecular weight excluding hydrogens is 432 g/mol. The number of nitrogens with zero attached hydrogens (tertiary/aromatic N) is 4. The molecule has 0 radical (unpaired) electrons. The van der Waals surface area contributed by atoms with Crippen LogP contribution in [0.25, 0.3) is 10.2 Å². The van der Waals surface area contributed by atoms with Crippen molar-refractivity contribution in [3.63, 3.8) is 0 Å². The van der Waals surface area contributed by atoms with E-state index in [1.165, 1.54) is 27.5 Å². The number of aromatic nitrogens is 2. The first kappa shape index (κ1) is 21.9. The maximum absolute atomic E-state index is 13.6. The minimum atomic E-state index is -3.23. The zero-order valence-corrected chi connectivity index (χ0v) is 19.5. The molecule has 0 saturated carbocycles. The molecule has 3 heterocycles. The number of amides is 1. The highest BCUT2D eigenvalue weighted by molar-refractivity contribution is 7.88. The Labute approximate surface area is 186 Å². The quantitative estimate of drug-likeness (QED) is 0.584. The fourth-order valence-electron chi connectivity index (χ4n) is 3.88. The predicted octanol–water partition coefficient (Wildman–Crippen LogP) is 3.51. The van der Waals surface area contributed by atoms with Crippen LogP contribution in [0.3, 0.4) is 0 Å². The standard InChI is InChI=1S/C22H26N4O3S2/c1-15-7-8-19-20(16(15)2)24-22(30-19)26(14-18-6-4-5-11-23-18)21(27)17-9-12-25(13-10-17)31(3,28)29/h4-8,11,17H,9-10,12-14H2,1-3H3. The van der Waals surface area contributed by atoms with Gasteiger partial charge in [0.15, 0.2) is 5.13 Å². The van der Waals surface area contributed by atoms with E-state index in [0.717, 1.165) is 21.5 Å². The molecule has 2 aromatic heterocycles. The van der Waals surface area contributed by atoms with E-state index in [-0.39, 0.29) is 11.8 Å². The van der Waals surface area contributed by atoms with Gasteiger partial charge in [0, 0.05) is 25.2 Å². The van der Waals surface area contributed by atoms with E-state index < -0.39 is 10.0 Å². The maximum Gasteiger partial charge on any atom is 0.232 e. The van der Waals surface area contributed by atoms with Gasteiger partial charge in [-0.1, -0.05) is 23.5 Å². The van der Waals surface area contributed by atoms with Gasteiger partial charge in [0.05, 0.1) is 28.7 Å². The van der Waals surface area contributed by atoms with E-state index >= 15 is 0 Å². The number of hydrogen-bond acceptors (Lipinski definition) is 6. The number of rotatable bonds is 5. The monoisotopic (exact) mass is 458 g/mol. The molecule has 1 aliphatic rings. The van der Waals surface area contributed by atoms with Crippen LogP contribution in [0.5, 0.6) is 0 Å². The average Bonchev–Trinajstić information content (AvgIpc) is 3.19. The van der Waals surface area contributed by atoms with E-state index in [1.54, 1.807) is 11.1 Å². The van der Waals surface area contributed by atoms with Gasteiger partial charge >= 0.3 is 0 Å². The van der Waals surface area contributed by atoms with Crippen LogP contribution in [0.2, 0.25) is 0 Å². The summed E-state index contributed by atoms with van der Waals surface area (Å²) in [5.74, 6) is -0.260. The zero-order valence-electron chi connectivity index (χ0n) is 17.9. The summed E-state index contributed by atoms with van der Waals surface area (Å²) in [5, 5.41) is 0.657. The largest absolute Gasteiger partial charge is 0.282 e. The van der Waals surface area contributed by atoms with E-state index in [9.17, 15) is 13.2 Å². The number of thiazole rings is 1. The van der Waals surface area contributed by atoms with Crippen LogP contribution in [-0.4, -0.2) is 47.9 Å². The third-order valence-electron chi connectivity index (χ3n) is 5.89. The highest BCUT2D eigenvalue weighted by Crippen LogP contribution is 2.34. The molecule has 1 saturated heterocycles. The van der Waals surface area contributed by atoms with Crippen molar-refractivity contribution in [3.05, 3.63) is 53.3 Å². The third kappa shape index (κ3) is 4.63. The van der Waals surface area contributed by atoms with E-state index in [2.05, 4.69) is 18.0 Å². The average molecular weight is 459 g/mol. The van der Waals surface area contributed by atoms with Crippen molar-refractivity contribution < 1.29 is 13.2 Å². The van der Waals surface area contributed by atoms with Crippen molar-refractivity contribution in [1.82, 2.24) is 14.3 Å². The molecule has 1 amide bonds. The summed E-state index contributed by atoms with van der Waals surface area (Å²) in [6.07, 6.45) is 3.95. The summed E-state index contributed by atoms with van der Waals surface area (Å²) >= 11 is 1.50. The SMILES string of the molecule is Cc1ccc2sc(N(Cc3ccccn3)C(=O)C3CCN(S(C)(=O)=O)CC3)nc2c1C. The summed E-state index contributed by atoms with van der Waals surface area (Å²) in [5.41, 5.74) is 3.99. The zero-order chi connectivity index (χ0) is 22.2. The fourth-order valence-corrected chi connectivity index (χ4v) is 5.78. The number of aryl methyl sites for hydroxylation is 2. The summed E-state index contributed by atoms with van der Waals surface area (Å²) in [6.45, 7) is 5.17. The van der Waals surface area contributed by atoms with Crippen molar-refractivity contribution in [3.8, 4) is 0 Å². The molecule has 0 atom stereocenters. The van der Waals surface area contributed by atoms with Gasteiger partial charge in [-0.2, -0.15) is 0 Å². The van der Waals surface area contributed by atoms with Gasteiger partial charge < -0.3 is 0 Å². The van der Waals surface area contributed by atoms with E-state index in [4.69, 9.17) is 4.98 Å². The smallest absolute Gasteiger partial charge is 0.232 e. The maximum atomic E-state index is 13.6. The first-order valence-corrected chi connectivity index (χ1v) is 12.9. The lowest BCUT2D eigenvalue weighted by atomic mass is 9.96. The van der Waals surface area contributed by atoms with Crippen LogP contribution in [0.15, 0.2) is 36.5 Å². The molecule has 3 aromatic rings. The number of hydrogen-bond donors (Lipinski definition) is 0. The van der Waals surface area contributed by atoms with Crippen molar-refractivity contribution in [2.24, 2.45) is 5.92 Å². The lowest BCUT2D eigenvalue weighted by Gasteiger charge is -2.32. The van der Waals surface area contributed by atoms with Gasteiger partial charge in [0.25, 0.3) is 0 Å². The van der Waals surface area contributed by atoms with Gasteiger partial charge in [-0.15, -0.1) is 0 Å². The van der Waals surface area contributed by atoms with Crippen LogP contribution in [0.4, 0.5) is 5.13 Å². The second kappa shape index (κ2) is 8.64. The lowest BCUT2D eigenvalue weighted by Crippen LogP contribution is -2.44. The first-order valence-electron chi connectivity index (χ1n) is 10.3. The Kier molecular flexibility index (Phi) is 6.09. The molecule has 1 fully saturated rings. The number of fused-ring (bicyclic) bond motifs is 1. The molecule has 31 heavy (non-hydrogen) atoms. The number of benzene rings is 1. The second-order valence-electron chi connectivity index (χ2n) is 8.03. The molecule has 9 heteroatoms. The van der Waals surface area contributed by atoms with Gasteiger partial charge in [-0.05, 0) is 56.0 Å². The minimum absolute atomic E-state index is 0.0211.